The second-order valence-electron chi connectivity index (χ2n) is 11.6. The number of carbonyl (C=O) groups excluding carboxylic acids is 2. The zero-order chi connectivity index (χ0) is 32.8. The Morgan fingerprint density at radius 3 is 1.96 bits per heavy atom. The van der Waals surface area contributed by atoms with Crippen LogP contribution in [0.5, 0.6) is 0 Å². The van der Waals surface area contributed by atoms with Gasteiger partial charge < -0.3 is 30.0 Å². The number of hydrogen-bond acceptors (Lipinski definition) is 7. The smallest absolute Gasteiger partial charge is 0.325 e. The van der Waals surface area contributed by atoms with Gasteiger partial charge in [-0.05, 0) is 34.7 Å². The summed E-state index contributed by atoms with van der Waals surface area (Å²) in [4.78, 5) is 26.0. The first kappa shape index (κ1) is 33.8. The Kier molecular flexibility index (Phi) is 12.5. The van der Waals surface area contributed by atoms with Crippen molar-refractivity contribution in [1.82, 2.24) is 15.5 Å². The van der Waals surface area contributed by atoms with E-state index in [9.17, 15) is 14.7 Å². The molecular weight excluding hydrogens is 594 g/mol. The van der Waals surface area contributed by atoms with Crippen LogP contribution >= 0.6 is 0 Å². The number of rotatable bonds is 14. The monoisotopic (exact) mass is 637 g/mol. The predicted octanol–water partition coefficient (Wildman–Crippen LogP) is 5.79. The summed E-state index contributed by atoms with van der Waals surface area (Å²) >= 11 is 0. The summed E-state index contributed by atoms with van der Waals surface area (Å²) in [6.45, 7) is 4.34. The Morgan fingerprint density at radius 1 is 0.766 bits per heavy atom. The summed E-state index contributed by atoms with van der Waals surface area (Å²) in [6.07, 6.45) is -0.237. The van der Waals surface area contributed by atoms with Gasteiger partial charge in [-0.1, -0.05) is 109 Å². The maximum atomic E-state index is 12.1. The third-order valence-electron chi connectivity index (χ3n) is 7.98. The van der Waals surface area contributed by atoms with Gasteiger partial charge in [0.05, 0.1) is 25.4 Å². The first-order valence-corrected chi connectivity index (χ1v) is 16.1. The maximum absolute atomic E-state index is 12.1. The molecule has 4 aromatic carbocycles. The Balaban J connectivity index is 1.30. The number of carbonyl (C=O) groups is 2. The minimum atomic E-state index is -0.596. The van der Waals surface area contributed by atoms with E-state index in [-0.39, 0.29) is 38.5 Å². The van der Waals surface area contributed by atoms with E-state index in [0.717, 1.165) is 35.3 Å². The molecule has 1 heterocycles. The van der Waals surface area contributed by atoms with Gasteiger partial charge in [0.2, 0.25) is 0 Å². The first-order chi connectivity index (χ1) is 23.0. The second-order valence-corrected chi connectivity index (χ2v) is 11.6. The van der Waals surface area contributed by atoms with Crippen LogP contribution in [0.1, 0.15) is 59.1 Å². The number of esters is 1. The summed E-state index contributed by atoms with van der Waals surface area (Å²) in [5.74, 6) is -0.483. The summed E-state index contributed by atoms with van der Waals surface area (Å²) in [6, 6.07) is 36.2. The van der Waals surface area contributed by atoms with Gasteiger partial charge in [0.25, 0.3) is 0 Å². The molecule has 1 aliphatic heterocycles. The van der Waals surface area contributed by atoms with Gasteiger partial charge in [0.1, 0.15) is 6.54 Å². The molecule has 47 heavy (non-hydrogen) atoms. The predicted molar refractivity (Wildman–Crippen MR) is 179 cm³/mol. The molecule has 0 aromatic heterocycles. The second kappa shape index (κ2) is 17.4. The minimum Gasteiger partial charge on any atom is -0.465 e. The largest absolute Gasteiger partial charge is 0.465 e. The van der Waals surface area contributed by atoms with Gasteiger partial charge in [0, 0.05) is 38.2 Å². The van der Waals surface area contributed by atoms with E-state index in [0.29, 0.717) is 13.0 Å². The molecule has 0 spiro atoms. The van der Waals surface area contributed by atoms with Crippen molar-refractivity contribution in [2.24, 2.45) is 0 Å². The van der Waals surface area contributed by atoms with Gasteiger partial charge in [-0.15, -0.1) is 0 Å². The van der Waals surface area contributed by atoms with Crippen LogP contribution in [0.2, 0.25) is 0 Å². The average molecular weight is 638 g/mol. The lowest BCUT2D eigenvalue weighted by molar-refractivity contribution is -0.253. The lowest BCUT2D eigenvalue weighted by Crippen LogP contribution is -2.39. The van der Waals surface area contributed by atoms with Crippen molar-refractivity contribution in [1.29, 1.82) is 0 Å². The third kappa shape index (κ3) is 10.5. The molecule has 0 aliphatic carbocycles. The van der Waals surface area contributed by atoms with Gasteiger partial charge in [0.15, 0.2) is 6.29 Å². The lowest BCUT2D eigenvalue weighted by Gasteiger charge is -2.38. The molecule has 2 amide bonds. The van der Waals surface area contributed by atoms with Crippen molar-refractivity contribution in [3.8, 4) is 0 Å². The quantitative estimate of drug-likeness (QED) is 0.150. The van der Waals surface area contributed by atoms with Crippen LogP contribution in [0.25, 0.3) is 0 Å². The molecule has 0 saturated carbocycles. The summed E-state index contributed by atoms with van der Waals surface area (Å²) < 4.78 is 18.1. The molecule has 3 atom stereocenters. The molecule has 0 radical (unpaired) electrons. The topological polar surface area (TPSA) is 109 Å². The molecule has 1 saturated heterocycles. The fourth-order valence-corrected chi connectivity index (χ4v) is 5.59. The summed E-state index contributed by atoms with van der Waals surface area (Å²) in [5.41, 5.74) is 6.13. The van der Waals surface area contributed by atoms with E-state index in [1.54, 1.807) is 6.92 Å². The Labute approximate surface area is 276 Å². The normalized spacial score (nSPS) is 17.6. The van der Waals surface area contributed by atoms with Crippen molar-refractivity contribution in [2.75, 3.05) is 19.7 Å². The minimum absolute atomic E-state index is 0.0115. The number of benzene rings is 4. The van der Waals surface area contributed by atoms with Crippen LogP contribution in [0, 0.1) is 0 Å². The molecule has 9 nitrogen and oxygen atoms in total. The number of amides is 2. The Bertz CT molecular complexity index is 1490. The van der Waals surface area contributed by atoms with Crippen LogP contribution in [0.15, 0.2) is 109 Å². The molecule has 9 heteroatoms. The van der Waals surface area contributed by atoms with Crippen LogP contribution in [0.4, 0.5) is 4.79 Å². The Morgan fingerprint density at radius 2 is 1.36 bits per heavy atom. The van der Waals surface area contributed by atoms with Crippen molar-refractivity contribution in [3.05, 3.63) is 143 Å². The molecule has 0 unspecified atom stereocenters. The number of aliphatic hydroxyl groups excluding tert-OH is 1. The number of ether oxygens (including phenoxy) is 3. The zero-order valence-electron chi connectivity index (χ0n) is 26.7. The SMILES string of the molecule is CCOC(=O)CNC(=O)NCc1ccc([C@H]2O[C@@H](CN(Cc3ccccc3)Cc3ccccc3)C[C@@H](c3ccc(CO)cc3)O2)cc1. The number of urea groups is 1. The first-order valence-electron chi connectivity index (χ1n) is 16.1. The fourth-order valence-electron chi connectivity index (χ4n) is 5.59. The zero-order valence-corrected chi connectivity index (χ0v) is 26.7. The molecule has 4 aromatic rings. The molecule has 0 bridgehead atoms. The number of nitrogens with zero attached hydrogens (tertiary/aromatic N) is 1. The van der Waals surface area contributed by atoms with Gasteiger partial charge in [-0.2, -0.15) is 0 Å². The molecule has 1 aliphatic rings. The maximum Gasteiger partial charge on any atom is 0.325 e. The van der Waals surface area contributed by atoms with E-state index in [1.165, 1.54) is 11.1 Å². The number of hydrogen-bond donors (Lipinski definition) is 3. The van der Waals surface area contributed by atoms with Crippen molar-refractivity contribution < 1.29 is 28.9 Å². The molecule has 3 N–H and O–H groups in total. The third-order valence-corrected chi connectivity index (χ3v) is 7.98. The number of nitrogens with one attached hydrogen (secondary N) is 2. The van der Waals surface area contributed by atoms with Crippen LogP contribution in [-0.2, 0) is 45.2 Å². The van der Waals surface area contributed by atoms with Gasteiger partial charge >= 0.3 is 12.0 Å². The fraction of sp³-hybridized carbons (Fsp3) is 0.316. The van der Waals surface area contributed by atoms with E-state index < -0.39 is 18.3 Å². The molecule has 1 fully saturated rings. The molecular formula is C38H43N3O6. The van der Waals surface area contributed by atoms with E-state index in [4.69, 9.17) is 14.2 Å². The summed E-state index contributed by atoms with van der Waals surface area (Å²) in [5, 5.41) is 14.8. The average Bonchev–Trinajstić information content (AvgIpc) is 3.11. The van der Waals surface area contributed by atoms with Gasteiger partial charge in [-0.3, -0.25) is 9.69 Å². The lowest BCUT2D eigenvalue weighted by atomic mass is 9.99. The summed E-state index contributed by atoms with van der Waals surface area (Å²) in [7, 11) is 0. The van der Waals surface area contributed by atoms with Crippen LogP contribution in [0.3, 0.4) is 0 Å². The van der Waals surface area contributed by atoms with E-state index in [2.05, 4.69) is 64.1 Å². The van der Waals surface area contributed by atoms with Crippen LogP contribution < -0.4 is 10.6 Å². The van der Waals surface area contributed by atoms with Crippen LogP contribution in [-0.4, -0.2) is 47.8 Å². The molecule has 5 rings (SSSR count). The molecule has 246 valence electrons. The highest BCUT2D eigenvalue weighted by molar-refractivity contribution is 5.80. The van der Waals surface area contributed by atoms with Crippen molar-refractivity contribution >= 4 is 12.0 Å². The standard InChI is InChI=1S/C38H43N3O6/c1-2-45-36(43)23-40-38(44)39-22-28-13-19-33(20-14-28)37-46-34(21-35(47-37)32-17-15-31(27-42)16-18-32)26-41(24-29-9-5-3-6-10-29)25-30-11-7-4-8-12-30/h3-20,34-35,37,42H,2,21-27H2,1H3,(H2,39,40,44)/t34-,35+,37+/m1/s1. The van der Waals surface area contributed by atoms with Crippen molar-refractivity contribution in [3.63, 3.8) is 0 Å². The van der Waals surface area contributed by atoms with E-state index >= 15 is 0 Å². The highest BCUT2D eigenvalue weighted by atomic mass is 16.7. The highest BCUT2D eigenvalue weighted by Gasteiger charge is 2.33. The number of aliphatic hydroxyl groups is 1. The van der Waals surface area contributed by atoms with Crippen molar-refractivity contribution in [2.45, 2.75) is 58.1 Å². The van der Waals surface area contributed by atoms with Gasteiger partial charge in [-0.25, -0.2) is 4.79 Å². The highest BCUT2D eigenvalue weighted by Crippen LogP contribution is 2.38. The Hall–Kier alpha value is -4.54. The van der Waals surface area contributed by atoms with E-state index in [1.807, 2.05) is 60.7 Å².